The molecule has 0 bridgehead atoms. The molecule has 1 atom stereocenters. The molecule has 0 aliphatic heterocycles. The van der Waals surface area contributed by atoms with Crippen molar-refractivity contribution in [2.75, 3.05) is 5.75 Å². The molecule has 0 aromatic heterocycles. The van der Waals surface area contributed by atoms with Crippen LogP contribution in [0, 0.1) is 11.6 Å². The molecule has 0 radical (unpaired) electrons. The molecule has 0 aliphatic carbocycles. The summed E-state index contributed by atoms with van der Waals surface area (Å²) in [6, 6.07) is 7.56. The van der Waals surface area contributed by atoms with Crippen molar-refractivity contribution in [1.29, 1.82) is 0 Å². The van der Waals surface area contributed by atoms with Crippen LogP contribution in [-0.2, 0) is 14.6 Å². The molecule has 24 heavy (non-hydrogen) atoms. The number of hydrogen-bond donors (Lipinski definition) is 1. The van der Waals surface area contributed by atoms with Crippen LogP contribution in [0.3, 0.4) is 0 Å². The molecule has 0 heterocycles. The standard InChI is InChI=1S/C16H14ClF2NO3S/c1-10(14-7-4-12(18)8-15(14)19)20-16(21)9-24(22,23)13-5-2-11(17)3-6-13/h2-8,10H,9H2,1H3,(H,20,21). The largest absolute Gasteiger partial charge is 0.349 e. The molecule has 0 saturated carbocycles. The third kappa shape index (κ3) is 4.52. The first kappa shape index (κ1) is 18.4. The molecule has 2 aromatic rings. The van der Waals surface area contributed by atoms with Gasteiger partial charge in [0, 0.05) is 16.7 Å². The van der Waals surface area contributed by atoms with Gasteiger partial charge in [0.2, 0.25) is 5.91 Å². The molecular weight excluding hydrogens is 360 g/mol. The van der Waals surface area contributed by atoms with E-state index in [-0.39, 0.29) is 10.5 Å². The van der Waals surface area contributed by atoms with Gasteiger partial charge in [-0.3, -0.25) is 4.79 Å². The summed E-state index contributed by atoms with van der Waals surface area (Å²) in [5, 5.41) is 2.76. The lowest BCUT2D eigenvalue weighted by atomic mass is 10.1. The van der Waals surface area contributed by atoms with Crippen molar-refractivity contribution in [1.82, 2.24) is 5.32 Å². The first-order valence-electron chi connectivity index (χ1n) is 6.91. The highest BCUT2D eigenvalue weighted by Crippen LogP contribution is 2.19. The third-order valence-corrected chi connectivity index (χ3v) is 5.18. The molecule has 8 heteroatoms. The molecule has 0 saturated heterocycles. The predicted molar refractivity (Wildman–Crippen MR) is 86.4 cm³/mol. The van der Waals surface area contributed by atoms with Crippen molar-refractivity contribution in [2.45, 2.75) is 17.9 Å². The van der Waals surface area contributed by atoms with Crippen molar-refractivity contribution in [3.8, 4) is 0 Å². The normalized spacial score (nSPS) is 12.7. The lowest BCUT2D eigenvalue weighted by Crippen LogP contribution is -2.32. The second-order valence-corrected chi connectivity index (χ2v) is 7.59. The summed E-state index contributed by atoms with van der Waals surface area (Å²) in [5.41, 5.74) is 0.0636. The molecule has 128 valence electrons. The molecule has 2 rings (SSSR count). The van der Waals surface area contributed by atoms with Gasteiger partial charge in [-0.05, 0) is 37.3 Å². The first-order chi connectivity index (χ1) is 11.2. The first-order valence-corrected chi connectivity index (χ1v) is 8.95. The smallest absolute Gasteiger partial charge is 0.236 e. The van der Waals surface area contributed by atoms with Crippen LogP contribution in [0.15, 0.2) is 47.4 Å². The van der Waals surface area contributed by atoms with Gasteiger partial charge in [0.1, 0.15) is 17.4 Å². The van der Waals surface area contributed by atoms with Crippen LogP contribution in [0.5, 0.6) is 0 Å². The Hall–Kier alpha value is -1.99. The molecular formula is C16H14ClF2NO3S. The van der Waals surface area contributed by atoms with Crippen molar-refractivity contribution in [3.63, 3.8) is 0 Å². The minimum atomic E-state index is -3.85. The summed E-state index contributed by atoms with van der Waals surface area (Å²) < 4.78 is 50.9. The molecule has 1 unspecified atom stereocenters. The highest BCUT2D eigenvalue weighted by Gasteiger charge is 2.21. The Kier molecular flexibility index (Phi) is 5.56. The number of sulfone groups is 1. The number of carbonyl (C=O) groups excluding carboxylic acids is 1. The Morgan fingerprint density at radius 2 is 1.79 bits per heavy atom. The molecule has 0 spiro atoms. The van der Waals surface area contributed by atoms with E-state index in [1.807, 2.05) is 0 Å². The summed E-state index contributed by atoms with van der Waals surface area (Å²) in [7, 11) is -3.85. The van der Waals surface area contributed by atoms with E-state index in [9.17, 15) is 22.0 Å². The van der Waals surface area contributed by atoms with E-state index in [4.69, 9.17) is 11.6 Å². The van der Waals surface area contributed by atoms with E-state index in [1.165, 1.54) is 37.3 Å². The van der Waals surface area contributed by atoms with E-state index in [0.29, 0.717) is 11.1 Å². The Morgan fingerprint density at radius 3 is 2.38 bits per heavy atom. The summed E-state index contributed by atoms with van der Waals surface area (Å²) >= 11 is 5.69. The molecule has 1 N–H and O–H groups in total. The lowest BCUT2D eigenvalue weighted by Gasteiger charge is -2.15. The van der Waals surface area contributed by atoms with E-state index >= 15 is 0 Å². The summed E-state index contributed by atoms with van der Waals surface area (Å²) in [5.74, 6) is -3.13. The van der Waals surface area contributed by atoms with Gasteiger partial charge >= 0.3 is 0 Å². The predicted octanol–water partition coefficient (Wildman–Crippen LogP) is 3.27. The number of hydrogen-bond acceptors (Lipinski definition) is 3. The molecule has 4 nitrogen and oxygen atoms in total. The number of amides is 1. The van der Waals surface area contributed by atoms with Crippen molar-refractivity contribution in [3.05, 3.63) is 64.7 Å². The van der Waals surface area contributed by atoms with E-state index in [2.05, 4.69) is 5.32 Å². The molecule has 0 fully saturated rings. The Bertz CT molecular complexity index is 854. The van der Waals surface area contributed by atoms with E-state index in [0.717, 1.165) is 6.07 Å². The Morgan fingerprint density at radius 1 is 1.17 bits per heavy atom. The second-order valence-electron chi connectivity index (χ2n) is 5.17. The second kappa shape index (κ2) is 7.27. The van der Waals surface area contributed by atoms with Gasteiger partial charge in [-0.25, -0.2) is 17.2 Å². The zero-order chi connectivity index (χ0) is 17.9. The highest BCUT2D eigenvalue weighted by molar-refractivity contribution is 7.92. The number of nitrogens with one attached hydrogen (secondary N) is 1. The van der Waals surface area contributed by atoms with E-state index in [1.54, 1.807) is 0 Å². The van der Waals surface area contributed by atoms with Crippen LogP contribution in [0.25, 0.3) is 0 Å². The van der Waals surface area contributed by atoms with Crippen molar-refractivity contribution in [2.24, 2.45) is 0 Å². The average Bonchev–Trinajstić information content (AvgIpc) is 2.46. The fraction of sp³-hybridized carbons (Fsp3) is 0.188. The summed E-state index contributed by atoms with van der Waals surface area (Å²) in [6.45, 7) is 1.48. The lowest BCUT2D eigenvalue weighted by molar-refractivity contribution is -0.119. The molecule has 2 aromatic carbocycles. The Balaban J connectivity index is 2.08. The van der Waals surface area contributed by atoms with Gasteiger partial charge in [-0.2, -0.15) is 0 Å². The number of benzene rings is 2. The third-order valence-electron chi connectivity index (χ3n) is 3.30. The average molecular weight is 374 g/mol. The highest BCUT2D eigenvalue weighted by atomic mass is 35.5. The van der Waals surface area contributed by atoms with Crippen molar-refractivity contribution >= 4 is 27.3 Å². The quantitative estimate of drug-likeness (QED) is 0.874. The fourth-order valence-electron chi connectivity index (χ4n) is 2.11. The van der Waals surface area contributed by atoms with Gasteiger partial charge in [0.05, 0.1) is 10.9 Å². The van der Waals surface area contributed by atoms with Gasteiger partial charge in [0.15, 0.2) is 9.84 Å². The van der Waals surface area contributed by atoms with Crippen molar-refractivity contribution < 1.29 is 22.0 Å². The number of carbonyl (C=O) groups is 1. The summed E-state index contributed by atoms with van der Waals surface area (Å²) in [6.07, 6.45) is 0. The zero-order valence-corrected chi connectivity index (χ0v) is 14.2. The van der Waals surface area contributed by atoms with Crippen LogP contribution in [0.2, 0.25) is 5.02 Å². The number of rotatable bonds is 5. The SMILES string of the molecule is CC(NC(=O)CS(=O)(=O)c1ccc(Cl)cc1)c1ccc(F)cc1F. The zero-order valence-electron chi connectivity index (χ0n) is 12.6. The van der Waals surface area contributed by atoms with E-state index < -0.39 is 39.2 Å². The summed E-state index contributed by atoms with van der Waals surface area (Å²) in [4.78, 5) is 11.9. The van der Waals surface area contributed by atoms with Crippen LogP contribution < -0.4 is 5.32 Å². The minimum absolute atomic E-state index is 0.0392. The maximum absolute atomic E-state index is 13.7. The Labute approximate surface area is 143 Å². The maximum atomic E-state index is 13.7. The van der Waals surface area contributed by atoms with Gasteiger partial charge in [-0.15, -0.1) is 0 Å². The van der Waals surface area contributed by atoms with Gasteiger partial charge in [-0.1, -0.05) is 17.7 Å². The van der Waals surface area contributed by atoms with Crippen LogP contribution in [0.1, 0.15) is 18.5 Å². The van der Waals surface area contributed by atoms with Crippen LogP contribution in [-0.4, -0.2) is 20.1 Å². The topological polar surface area (TPSA) is 63.2 Å². The fourth-order valence-corrected chi connectivity index (χ4v) is 3.38. The minimum Gasteiger partial charge on any atom is -0.349 e. The number of halogens is 3. The maximum Gasteiger partial charge on any atom is 0.236 e. The molecule has 0 aliphatic rings. The van der Waals surface area contributed by atoms with Crippen LogP contribution >= 0.6 is 11.6 Å². The van der Waals surface area contributed by atoms with Gasteiger partial charge < -0.3 is 5.32 Å². The monoisotopic (exact) mass is 373 g/mol. The van der Waals surface area contributed by atoms with Gasteiger partial charge in [0.25, 0.3) is 0 Å². The molecule has 1 amide bonds. The van der Waals surface area contributed by atoms with Crippen LogP contribution in [0.4, 0.5) is 8.78 Å².